The molecule has 136 valence electrons. The highest BCUT2D eigenvalue weighted by atomic mass is 35.5. The summed E-state index contributed by atoms with van der Waals surface area (Å²) in [5.74, 6) is -0.0229. The van der Waals surface area contributed by atoms with Crippen molar-refractivity contribution in [2.75, 3.05) is 30.1 Å². The fourth-order valence-corrected chi connectivity index (χ4v) is 3.89. The van der Waals surface area contributed by atoms with Crippen LogP contribution in [0.1, 0.15) is 37.0 Å². The molecule has 1 aliphatic heterocycles. The van der Waals surface area contributed by atoms with E-state index in [1.54, 1.807) is 36.1 Å². The SMILES string of the molecule is CCCS(=O)(=O)Nc1cccc(C(=O)N2CCC(C)(CN)C2)c1.Cl. The van der Waals surface area contributed by atoms with Crippen molar-refractivity contribution < 1.29 is 13.2 Å². The average molecular weight is 376 g/mol. The van der Waals surface area contributed by atoms with E-state index in [9.17, 15) is 13.2 Å². The fraction of sp³-hybridized carbons (Fsp3) is 0.562. The number of amides is 1. The van der Waals surface area contributed by atoms with Gasteiger partial charge in [0.15, 0.2) is 0 Å². The maximum atomic E-state index is 12.6. The predicted molar refractivity (Wildman–Crippen MR) is 99.1 cm³/mol. The van der Waals surface area contributed by atoms with Crippen LogP contribution in [0.3, 0.4) is 0 Å². The minimum absolute atomic E-state index is 0. The summed E-state index contributed by atoms with van der Waals surface area (Å²) < 4.78 is 26.2. The van der Waals surface area contributed by atoms with Crippen molar-refractivity contribution >= 4 is 34.0 Å². The number of carbonyl (C=O) groups is 1. The molecule has 0 radical (unpaired) electrons. The first kappa shape index (κ1) is 20.7. The highest BCUT2D eigenvalue weighted by Crippen LogP contribution is 2.29. The van der Waals surface area contributed by atoms with Crippen LogP contribution in [0, 0.1) is 5.41 Å². The third-order valence-corrected chi connectivity index (χ3v) is 5.69. The monoisotopic (exact) mass is 375 g/mol. The standard InChI is InChI=1S/C16H25N3O3S.ClH/c1-3-9-23(21,22)18-14-6-4-5-13(10-14)15(20)19-8-7-16(2,11-17)12-19;/h4-6,10,18H,3,7-9,11-12,17H2,1-2H3;1H. The van der Waals surface area contributed by atoms with Gasteiger partial charge in [-0.05, 0) is 43.0 Å². The Labute approximate surface area is 150 Å². The minimum atomic E-state index is -3.36. The molecule has 1 atom stereocenters. The lowest BCUT2D eigenvalue weighted by Gasteiger charge is -2.22. The molecule has 0 saturated carbocycles. The minimum Gasteiger partial charge on any atom is -0.338 e. The van der Waals surface area contributed by atoms with Gasteiger partial charge in [0.05, 0.1) is 5.75 Å². The predicted octanol–water partition coefficient (Wildman–Crippen LogP) is 2.07. The number of benzene rings is 1. The van der Waals surface area contributed by atoms with Crippen molar-refractivity contribution in [2.45, 2.75) is 26.7 Å². The largest absolute Gasteiger partial charge is 0.338 e. The molecule has 6 nitrogen and oxygen atoms in total. The van der Waals surface area contributed by atoms with E-state index in [2.05, 4.69) is 11.6 Å². The lowest BCUT2D eigenvalue weighted by atomic mass is 9.90. The van der Waals surface area contributed by atoms with E-state index in [4.69, 9.17) is 5.73 Å². The lowest BCUT2D eigenvalue weighted by Crippen LogP contribution is -2.34. The number of nitrogens with zero attached hydrogens (tertiary/aromatic N) is 1. The molecule has 0 aromatic heterocycles. The van der Waals surface area contributed by atoms with Crippen molar-refractivity contribution in [3.63, 3.8) is 0 Å². The van der Waals surface area contributed by atoms with E-state index in [0.29, 0.717) is 37.3 Å². The van der Waals surface area contributed by atoms with E-state index < -0.39 is 10.0 Å². The van der Waals surface area contributed by atoms with Gasteiger partial charge in [0.1, 0.15) is 0 Å². The first-order valence-electron chi connectivity index (χ1n) is 7.88. The molecule has 1 saturated heterocycles. The molecular formula is C16H26ClN3O3S. The lowest BCUT2D eigenvalue weighted by molar-refractivity contribution is 0.0777. The third kappa shape index (κ3) is 5.09. The van der Waals surface area contributed by atoms with E-state index in [-0.39, 0.29) is 29.5 Å². The molecule has 1 heterocycles. The summed E-state index contributed by atoms with van der Waals surface area (Å²) in [6.45, 7) is 5.75. The number of rotatable bonds is 6. The second-order valence-corrected chi connectivity index (χ2v) is 8.34. The number of nitrogens with one attached hydrogen (secondary N) is 1. The Morgan fingerprint density at radius 2 is 2.12 bits per heavy atom. The van der Waals surface area contributed by atoms with Gasteiger partial charge in [0, 0.05) is 24.3 Å². The number of halogens is 1. The van der Waals surface area contributed by atoms with Crippen LogP contribution in [0.4, 0.5) is 5.69 Å². The van der Waals surface area contributed by atoms with Crippen LogP contribution in [-0.4, -0.2) is 44.6 Å². The highest BCUT2D eigenvalue weighted by Gasteiger charge is 2.35. The number of nitrogens with two attached hydrogens (primary N) is 1. The Morgan fingerprint density at radius 1 is 1.42 bits per heavy atom. The van der Waals surface area contributed by atoms with Gasteiger partial charge in [-0.15, -0.1) is 12.4 Å². The average Bonchev–Trinajstić information content (AvgIpc) is 2.89. The van der Waals surface area contributed by atoms with Crippen molar-refractivity contribution in [1.82, 2.24) is 4.90 Å². The molecule has 1 aromatic rings. The summed E-state index contributed by atoms with van der Waals surface area (Å²) >= 11 is 0. The maximum absolute atomic E-state index is 12.6. The quantitative estimate of drug-likeness (QED) is 0.796. The van der Waals surface area contributed by atoms with Crippen LogP contribution < -0.4 is 10.5 Å². The molecule has 1 unspecified atom stereocenters. The van der Waals surface area contributed by atoms with Crippen LogP contribution in [0.25, 0.3) is 0 Å². The van der Waals surface area contributed by atoms with Crippen molar-refractivity contribution in [2.24, 2.45) is 11.1 Å². The number of likely N-dealkylation sites (tertiary alicyclic amines) is 1. The van der Waals surface area contributed by atoms with Gasteiger partial charge in [0.2, 0.25) is 10.0 Å². The van der Waals surface area contributed by atoms with Gasteiger partial charge in [-0.3, -0.25) is 9.52 Å². The second-order valence-electron chi connectivity index (χ2n) is 6.49. The van der Waals surface area contributed by atoms with E-state index in [0.717, 1.165) is 6.42 Å². The summed E-state index contributed by atoms with van der Waals surface area (Å²) in [4.78, 5) is 14.4. The molecule has 8 heteroatoms. The van der Waals surface area contributed by atoms with Crippen molar-refractivity contribution in [3.05, 3.63) is 29.8 Å². The Bertz CT molecular complexity index is 681. The van der Waals surface area contributed by atoms with E-state index in [1.165, 1.54) is 0 Å². The molecule has 24 heavy (non-hydrogen) atoms. The third-order valence-electron chi connectivity index (χ3n) is 4.19. The topological polar surface area (TPSA) is 92.5 Å². The number of sulfonamides is 1. The summed E-state index contributed by atoms with van der Waals surface area (Å²) in [6.07, 6.45) is 1.43. The molecule has 3 N–H and O–H groups in total. The molecule has 1 aromatic carbocycles. The molecule has 0 spiro atoms. The number of anilines is 1. The van der Waals surface area contributed by atoms with Crippen LogP contribution in [0.5, 0.6) is 0 Å². The van der Waals surface area contributed by atoms with Gasteiger partial charge in [-0.1, -0.05) is 19.9 Å². The molecule has 1 amide bonds. The van der Waals surface area contributed by atoms with Crippen LogP contribution in [0.15, 0.2) is 24.3 Å². The van der Waals surface area contributed by atoms with Gasteiger partial charge in [-0.25, -0.2) is 8.42 Å². The first-order chi connectivity index (χ1) is 10.8. The summed E-state index contributed by atoms with van der Waals surface area (Å²) in [7, 11) is -3.36. The van der Waals surface area contributed by atoms with Crippen LogP contribution >= 0.6 is 12.4 Å². The van der Waals surface area contributed by atoms with Crippen molar-refractivity contribution in [3.8, 4) is 0 Å². The summed E-state index contributed by atoms with van der Waals surface area (Å²) in [6, 6.07) is 6.64. The Balaban J connectivity index is 0.00000288. The normalized spacial score (nSPS) is 20.5. The first-order valence-corrected chi connectivity index (χ1v) is 9.54. The Morgan fingerprint density at radius 3 is 2.71 bits per heavy atom. The number of hydrogen-bond donors (Lipinski definition) is 2. The summed E-state index contributed by atoms with van der Waals surface area (Å²) in [5.41, 5.74) is 6.65. The Kier molecular flexibility index (Phi) is 7.07. The zero-order valence-electron chi connectivity index (χ0n) is 14.1. The number of hydrogen-bond acceptors (Lipinski definition) is 4. The fourth-order valence-electron chi connectivity index (χ4n) is 2.76. The molecule has 2 rings (SSSR count). The second kappa shape index (κ2) is 8.18. The highest BCUT2D eigenvalue weighted by molar-refractivity contribution is 7.92. The van der Waals surface area contributed by atoms with E-state index >= 15 is 0 Å². The van der Waals surface area contributed by atoms with Crippen molar-refractivity contribution in [1.29, 1.82) is 0 Å². The van der Waals surface area contributed by atoms with Crippen LogP contribution in [0.2, 0.25) is 0 Å². The maximum Gasteiger partial charge on any atom is 0.253 e. The molecule has 0 bridgehead atoms. The van der Waals surface area contributed by atoms with Gasteiger partial charge >= 0.3 is 0 Å². The Hall–Kier alpha value is -1.31. The van der Waals surface area contributed by atoms with Gasteiger partial charge in [-0.2, -0.15) is 0 Å². The van der Waals surface area contributed by atoms with E-state index in [1.807, 2.05) is 0 Å². The molecular weight excluding hydrogens is 350 g/mol. The molecule has 1 aliphatic rings. The zero-order chi connectivity index (χ0) is 17.1. The van der Waals surface area contributed by atoms with Gasteiger partial charge < -0.3 is 10.6 Å². The van der Waals surface area contributed by atoms with Gasteiger partial charge in [0.25, 0.3) is 5.91 Å². The van der Waals surface area contributed by atoms with Crippen LogP contribution in [-0.2, 0) is 10.0 Å². The smallest absolute Gasteiger partial charge is 0.253 e. The summed E-state index contributed by atoms with van der Waals surface area (Å²) in [5, 5.41) is 0. The zero-order valence-corrected chi connectivity index (χ0v) is 15.8. The molecule has 0 aliphatic carbocycles. The number of carbonyl (C=O) groups excluding carboxylic acids is 1. The molecule has 1 fully saturated rings.